The van der Waals surface area contributed by atoms with Gasteiger partial charge in [-0.05, 0) is 48.0 Å². The molecule has 2 N–H and O–H groups in total. The van der Waals surface area contributed by atoms with Gasteiger partial charge in [-0.2, -0.15) is 0 Å². The Morgan fingerprint density at radius 3 is 2.62 bits per heavy atom. The molecule has 0 radical (unpaired) electrons. The van der Waals surface area contributed by atoms with Crippen molar-refractivity contribution in [2.75, 3.05) is 10.6 Å². The molecule has 0 bridgehead atoms. The van der Waals surface area contributed by atoms with E-state index in [2.05, 4.69) is 20.6 Å². The first-order valence-corrected chi connectivity index (χ1v) is 7.36. The lowest BCUT2D eigenvalue weighted by atomic mass is 10.2. The van der Waals surface area contributed by atoms with Crippen LogP contribution < -0.4 is 10.6 Å². The molecule has 3 aromatic rings. The molecule has 0 saturated carbocycles. The molecule has 6 heteroatoms. The van der Waals surface area contributed by atoms with Gasteiger partial charge in [-0.15, -0.1) is 0 Å². The highest BCUT2D eigenvalue weighted by Gasteiger charge is 2.09. The van der Waals surface area contributed by atoms with E-state index >= 15 is 0 Å². The minimum absolute atomic E-state index is 0.249. The second-order valence-corrected chi connectivity index (χ2v) is 5.10. The molecule has 5 nitrogen and oxygen atoms in total. The number of hydrogen-bond donors (Lipinski definition) is 2. The lowest BCUT2D eigenvalue weighted by Gasteiger charge is -2.08. The SMILES string of the molecule is O=C(Nc1cccc(F)c1)c1cc(NCc2ccncc2)ccn1. The molecule has 0 unspecified atom stereocenters. The van der Waals surface area contributed by atoms with Crippen LogP contribution in [-0.4, -0.2) is 15.9 Å². The van der Waals surface area contributed by atoms with Crippen molar-refractivity contribution in [2.24, 2.45) is 0 Å². The Morgan fingerprint density at radius 1 is 1.00 bits per heavy atom. The molecule has 0 atom stereocenters. The molecule has 0 aliphatic heterocycles. The molecular weight excluding hydrogens is 307 g/mol. The summed E-state index contributed by atoms with van der Waals surface area (Å²) in [6, 6.07) is 13.0. The monoisotopic (exact) mass is 322 g/mol. The molecule has 0 fully saturated rings. The first-order chi connectivity index (χ1) is 11.7. The van der Waals surface area contributed by atoms with E-state index in [-0.39, 0.29) is 5.69 Å². The van der Waals surface area contributed by atoms with Crippen LogP contribution in [0.2, 0.25) is 0 Å². The lowest BCUT2D eigenvalue weighted by molar-refractivity contribution is 0.102. The van der Waals surface area contributed by atoms with Crippen LogP contribution in [0.4, 0.5) is 15.8 Å². The predicted molar refractivity (Wildman–Crippen MR) is 90.2 cm³/mol. The van der Waals surface area contributed by atoms with E-state index in [0.717, 1.165) is 11.3 Å². The van der Waals surface area contributed by atoms with Gasteiger partial charge >= 0.3 is 0 Å². The van der Waals surface area contributed by atoms with E-state index in [1.165, 1.54) is 18.2 Å². The molecule has 3 rings (SSSR count). The van der Waals surface area contributed by atoms with Crippen LogP contribution in [0.5, 0.6) is 0 Å². The third-order valence-corrected chi connectivity index (χ3v) is 3.32. The number of aromatic nitrogens is 2. The first-order valence-electron chi connectivity index (χ1n) is 7.36. The lowest BCUT2D eigenvalue weighted by Crippen LogP contribution is -2.14. The van der Waals surface area contributed by atoms with Gasteiger partial charge in [0.05, 0.1) is 0 Å². The Balaban J connectivity index is 1.67. The summed E-state index contributed by atoms with van der Waals surface area (Å²) in [7, 11) is 0. The number of nitrogens with one attached hydrogen (secondary N) is 2. The predicted octanol–water partition coefficient (Wildman–Crippen LogP) is 3.48. The Hall–Kier alpha value is -3.28. The second-order valence-electron chi connectivity index (χ2n) is 5.10. The van der Waals surface area contributed by atoms with Gasteiger partial charge in [-0.3, -0.25) is 14.8 Å². The normalized spacial score (nSPS) is 10.2. The molecule has 2 aromatic heterocycles. The van der Waals surface area contributed by atoms with Crippen LogP contribution in [0.3, 0.4) is 0 Å². The molecule has 24 heavy (non-hydrogen) atoms. The Morgan fingerprint density at radius 2 is 1.83 bits per heavy atom. The highest BCUT2D eigenvalue weighted by molar-refractivity contribution is 6.03. The van der Waals surface area contributed by atoms with Gasteiger partial charge in [0.1, 0.15) is 11.5 Å². The minimum atomic E-state index is -0.409. The second kappa shape index (κ2) is 7.32. The van der Waals surface area contributed by atoms with Crippen LogP contribution in [0.25, 0.3) is 0 Å². The molecule has 2 heterocycles. The fraction of sp³-hybridized carbons (Fsp3) is 0.0556. The molecule has 0 aliphatic carbocycles. The average Bonchev–Trinajstić information content (AvgIpc) is 2.61. The number of rotatable bonds is 5. The minimum Gasteiger partial charge on any atom is -0.381 e. The maximum atomic E-state index is 13.2. The fourth-order valence-corrected chi connectivity index (χ4v) is 2.13. The van der Waals surface area contributed by atoms with Crippen LogP contribution in [-0.2, 0) is 6.54 Å². The standard InChI is InChI=1S/C18H15FN4O/c19-14-2-1-3-16(10-14)23-18(24)17-11-15(6-9-21-17)22-12-13-4-7-20-8-5-13/h1-11H,12H2,(H,21,22)(H,23,24). The van der Waals surface area contributed by atoms with E-state index in [0.29, 0.717) is 12.2 Å². The number of nitrogens with zero attached hydrogens (tertiary/aromatic N) is 2. The van der Waals surface area contributed by atoms with Gasteiger partial charge in [0.25, 0.3) is 5.91 Å². The van der Waals surface area contributed by atoms with Crippen molar-refractivity contribution < 1.29 is 9.18 Å². The van der Waals surface area contributed by atoms with Crippen molar-refractivity contribution in [1.29, 1.82) is 0 Å². The van der Waals surface area contributed by atoms with Gasteiger partial charge < -0.3 is 10.6 Å². The zero-order chi connectivity index (χ0) is 16.8. The van der Waals surface area contributed by atoms with Crippen LogP contribution in [0.1, 0.15) is 16.1 Å². The smallest absolute Gasteiger partial charge is 0.274 e. The summed E-state index contributed by atoms with van der Waals surface area (Å²) in [6.45, 7) is 0.609. The molecule has 0 spiro atoms. The van der Waals surface area contributed by atoms with Crippen LogP contribution in [0, 0.1) is 5.82 Å². The van der Waals surface area contributed by atoms with Crippen molar-refractivity contribution in [3.63, 3.8) is 0 Å². The third-order valence-electron chi connectivity index (χ3n) is 3.32. The summed E-state index contributed by atoms with van der Waals surface area (Å²) in [5.41, 5.74) is 2.48. The summed E-state index contributed by atoms with van der Waals surface area (Å²) in [6.07, 6.45) is 5.00. The summed E-state index contributed by atoms with van der Waals surface area (Å²) in [5.74, 6) is -0.804. The van der Waals surface area contributed by atoms with Gasteiger partial charge in [0, 0.05) is 36.5 Å². The molecule has 0 aliphatic rings. The molecule has 1 amide bonds. The van der Waals surface area contributed by atoms with Gasteiger partial charge in [-0.25, -0.2) is 4.39 Å². The van der Waals surface area contributed by atoms with Gasteiger partial charge in [0.2, 0.25) is 0 Å². The van der Waals surface area contributed by atoms with Crippen molar-refractivity contribution in [2.45, 2.75) is 6.54 Å². The number of carbonyl (C=O) groups excluding carboxylic acids is 1. The summed E-state index contributed by atoms with van der Waals surface area (Å²) in [4.78, 5) is 20.2. The van der Waals surface area contributed by atoms with E-state index in [1.807, 2.05) is 12.1 Å². The molecular formula is C18H15FN4O. The van der Waals surface area contributed by atoms with E-state index in [9.17, 15) is 9.18 Å². The molecule has 0 saturated heterocycles. The van der Waals surface area contributed by atoms with Crippen LogP contribution >= 0.6 is 0 Å². The number of halogens is 1. The topological polar surface area (TPSA) is 66.9 Å². The van der Waals surface area contributed by atoms with E-state index < -0.39 is 11.7 Å². The van der Waals surface area contributed by atoms with Crippen molar-refractivity contribution in [1.82, 2.24) is 9.97 Å². The highest BCUT2D eigenvalue weighted by Crippen LogP contribution is 2.13. The highest BCUT2D eigenvalue weighted by atomic mass is 19.1. The van der Waals surface area contributed by atoms with Crippen molar-refractivity contribution in [3.8, 4) is 0 Å². The quantitative estimate of drug-likeness (QED) is 0.755. The number of hydrogen-bond acceptors (Lipinski definition) is 4. The molecule has 120 valence electrons. The third kappa shape index (κ3) is 4.13. The summed E-state index contributed by atoms with van der Waals surface area (Å²) < 4.78 is 13.2. The van der Waals surface area contributed by atoms with E-state index in [1.54, 1.807) is 36.8 Å². The maximum Gasteiger partial charge on any atom is 0.274 e. The Kier molecular flexibility index (Phi) is 4.76. The molecule has 1 aromatic carbocycles. The number of carbonyl (C=O) groups is 1. The number of anilines is 2. The fourth-order valence-electron chi connectivity index (χ4n) is 2.13. The number of pyridine rings is 2. The Bertz CT molecular complexity index is 839. The zero-order valence-corrected chi connectivity index (χ0v) is 12.7. The number of amides is 1. The van der Waals surface area contributed by atoms with Gasteiger partial charge in [0.15, 0.2) is 0 Å². The maximum absolute atomic E-state index is 13.2. The first kappa shape index (κ1) is 15.6. The average molecular weight is 322 g/mol. The van der Waals surface area contributed by atoms with Crippen molar-refractivity contribution >= 4 is 17.3 Å². The zero-order valence-electron chi connectivity index (χ0n) is 12.7. The Labute approximate surface area is 138 Å². The van der Waals surface area contributed by atoms with E-state index in [4.69, 9.17) is 0 Å². The largest absolute Gasteiger partial charge is 0.381 e. The van der Waals surface area contributed by atoms with Crippen LogP contribution in [0.15, 0.2) is 67.1 Å². The summed E-state index contributed by atoms with van der Waals surface area (Å²) >= 11 is 0. The van der Waals surface area contributed by atoms with Gasteiger partial charge in [-0.1, -0.05) is 6.07 Å². The number of benzene rings is 1. The summed E-state index contributed by atoms with van der Waals surface area (Å²) in [5, 5.41) is 5.84. The van der Waals surface area contributed by atoms with Crippen molar-refractivity contribution in [3.05, 3.63) is 84.2 Å².